The second-order valence-electron chi connectivity index (χ2n) is 6.55. The van der Waals surface area contributed by atoms with Crippen LogP contribution in [0.2, 0.25) is 5.02 Å². The van der Waals surface area contributed by atoms with Crippen molar-refractivity contribution < 1.29 is 14.5 Å². The van der Waals surface area contributed by atoms with Gasteiger partial charge in [0.15, 0.2) is 0 Å². The summed E-state index contributed by atoms with van der Waals surface area (Å²) in [6.07, 6.45) is 0.589. The fourth-order valence-corrected chi connectivity index (χ4v) is 3.15. The predicted octanol–water partition coefficient (Wildman–Crippen LogP) is 4.28. The summed E-state index contributed by atoms with van der Waals surface area (Å²) in [6.45, 7) is 3.91. The monoisotopic (exact) mass is 360 g/mol. The molecule has 0 saturated heterocycles. The SMILES string of the molecule is CC1(C)C[C@@H](NC(=O)c2ccc(Cl)c([N+](=O)[O-])c2)c2ccccc2O1. The number of nitro groups is 1. The third kappa shape index (κ3) is 3.58. The zero-order chi connectivity index (χ0) is 18.2. The van der Waals surface area contributed by atoms with Crippen molar-refractivity contribution in [3.63, 3.8) is 0 Å². The number of rotatable bonds is 3. The average Bonchev–Trinajstić information content (AvgIpc) is 2.53. The van der Waals surface area contributed by atoms with E-state index in [2.05, 4.69) is 5.32 Å². The number of nitrogens with zero attached hydrogens (tertiary/aromatic N) is 1. The van der Waals surface area contributed by atoms with Gasteiger partial charge in [0.1, 0.15) is 16.4 Å². The summed E-state index contributed by atoms with van der Waals surface area (Å²) in [7, 11) is 0. The number of carbonyl (C=O) groups excluding carboxylic acids is 1. The molecule has 0 radical (unpaired) electrons. The van der Waals surface area contributed by atoms with E-state index in [0.717, 1.165) is 11.3 Å². The smallest absolute Gasteiger partial charge is 0.288 e. The number of nitrogens with one attached hydrogen (secondary N) is 1. The van der Waals surface area contributed by atoms with Crippen molar-refractivity contribution in [3.8, 4) is 5.75 Å². The van der Waals surface area contributed by atoms with Gasteiger partial charge < -0.3 is 10.1 Å². The largest absolute Gasteiger partial charge is 0.487 e. The number of halogens is 1. The molecule has 1 aliphatic heterocycles. The minimum atomic E-state index is -0.605. The second-order valence-corrected chi connectivity index (χ2v) is 6.96. The number of carbonyl (C=O) groups is 1. The van der Waals surface area contributed by atoms with Gasteiger partial charge in [0.05, 0.1) is 11.0 Å². The lowest BCUT2D eigenvalue weighted by molar-refractivity contribution is -0.384. The second kappa shape index (κ2) is 6.37. The number of para-hydroxylation sites is 1. The Bertz CT molecular complexity index is 851. The first-order valence-electron chi connectivity index (χ1n) is 7.79. The van der Waals surface area contributed by atoms with Crippen molar-refractivity contribution >= 4 is 23.2 Å². The highest BCUT2D eigenvalue weighted by Gasteiger charge is 2.34. The van der Waals surface area contributed by atoms with Crippen LogP contribution in [0.3, 0.4) is 0 Å². The molecule has 2 aromatic rings. The van der Waals surface area contributed by atoms with Gasteiger partial charge in [0.25, 0.3) is 11.6 Å². The molecule has 130 valence electrons. The molecule has 0 unspecified atom stereocenters. The van der Waals surface area contributed by atoms with Gasteiger partial charge >= 0.3 is 0 Å². The number of fused-ring (bicyclic) bond motifs is 1. The predicted molar refractivity (Wildman–Crippen MR) is 94.1 cm³/mol. The van der Waals surface area contributed by atoms with Crippen molar-refractivity contribution in [2.45, 2.75) is 31.9 Å². The van der Waals surface area contributed by atoms with Gasteiger partial charge in [-0.2, -0.15) is 0 Å². The standard InChI is InChI=1S/C18H17ClN2O4/c1-18(2)10-14(12-5-3-4-6-16(12)25-18)20-17(22)11-7-8-13(19)15(9-11)21(23)24/h3-9,14H,10H2,1-2H3,(H,20,22)/t14-/m1/s1. The van der Waals surface area contributed by atoms with E-state index >= 15 is 0 Å². The highest BCUT2D eigenvalue weighted by Crippen LogP contribution is 2.39. The lowest BCUT2D eigenvalue weighted by Gasteiger charge is -2.37. The summed E-state index contributed by atoms with van der Waals surface area (Å²) in [5.74, 6) is 0.336. The minimum Gasteiger partial charge on any atom is -0.487 e. The molecule has 1 heterocycles. The first-order valence-corrected chi connectivity index (χ1v) is 8.17. The van der Waals surface area contributed by atoms with Crippen LogP contribution < -0.4 is 10.1 Å². The van der Waals surface area contributed by atoms with Crippen LogP contribution in [0.4, 0.5) is 5.69 Å². The quantitative estimate of drug-likeness (QED) is 0.654. The topological polar surface area (TPSA) is 81.5 Å². The summed E-state index contributed by atoms with van der Waals surface area (Å²) >= 11 is 5.80. The molecule has 7 heteroatoms. The van der Waals surface area contributed by atoms with E-state index in [1.165, 1.54) is 18.2 Å². The third-order valence-corrected chi connectivity index (χ3v) is 4.41. The Kier molecular flexibility index (Phi) is 4.39. The molecule has 0 aliphatic carbocycles. The summed E-state index contributed by atoms with van der Waals surface area (Å²) in [4.78, 5) is 23.0. The lowest BCUT2D eigenvalue weighted by Crippen LogP contribution is -2.41. The van der Waals surface area contributed by atoms with Gasteiger partial charge in [0, 0.05) is 23.6 Å². The van der Waals surface area contributed by atoms with Gasteiger partial charge in [-0.3, -0.25) is 14.9 Å². The molecule has 3 rings (SSSR count). The van der Waals surface area contributed by atoms with Crippen LogP contribution in [0.15, 0.2) is 42.5 Å². The molecule has 0 aromatic heterocycles. The highest BCUT2D eigenvalue weighted by atomic mass is 35.5. The minimum absolute atomic E-state index is 0.000838. The molecule has 1 aliphatic rings. The zero-order valence-corrected chi connectivity index (χ0v) is 14.5. The normalized spacial score (nSPS) is 18.0. The lowest BCUT2D eigenvalue weighted by atomic mass is 9.89. The Balaban J connectivity index is 1.88. The van der Waals surface area contributed by atoms with Crippen molar-refractivity contribution in [2.75, 3.05) is 0 Å². The summed E-state index contributed by atoms with van der Waals surface area (Å²) in [6, 6.07) is 11.3. The van der Waals surface area contributed by atoms with Gasteiger partial charge in [-0.25, -0.2) is 0 Å². The van der Waals surface area contributed by atoms with E-state index in [-0.39, 0.29) is 22.3 Å². The Morgan fingerprint density at radius 1 is 1.32 bits per heavy atom. The molecule has 2 aromatic carbocycles. The van der Waals surface area contributed by atoms with Gasteiger partial charge in [0.2, 0.25) is 0 Å². The average molecular weight is 361 g/mol. The van der Waals surface area contributed by atoms with Crippen LogP contribution in [-0.2, 0) is 0 Å². The maximum Gasteiger partial charge on any atom is 0.288 e. The van der Waals surface area contributed by atoms with Crippen LogP contribution in [0.5, 0.6) is 5.75 Å². The van der Waals surface area contributed by atoms with Crippen LogP contribution in [0, 0.1) is 10.1 Å². The third-order valence-electron chi connectivity index (χ3n) is 4.09. The molecular formula is C18H17ClN2O4. The molecule has 1 atom stereocenters. The van der Waals surface area contributed by atoms with Crippen molar-refractivity contribution in [3.05, 3.63) is 68.7 Å². The van der Waals surface area contributed by atoms with Gasteiger partial charge in [-0.05, 0) is 32.0 Å². The molecule has 0 bridgehead atoms. The molecule has 1 N–H and O–H groups in total. The molecular weight excluding hydrogens is 344 g/mol. The summed E-state index contributed by atoms with van der Waals surface area (Å²) in [5, 5.41) is 14.0. The number of hydrogen-bond donors (Lipinski definition) is 1. The van der Waals surface area contributed by atoms with E-state index in [4.69, 9.17) is 16.3 Å². The summed E-state index contributed by atoms with van der Waals surface area (Å²) in [5.41, 5.74) is 0.358. The Morgan fingerprint density at radius 2 is 2.04 bits per heavy atom. The molecule has 25 heavy (non-hydrogen) atoms. The molecule has 0 fully saturated rings. The Labute approximate surface area is 149 Å². The van der Waals surface area contributed by atoms with E-state index < -0.39 is 16.4 Å². The summed E-state index contributed by atoms with van der Waals surface area (Å²) < 4.78 is 5.95. The fourth-order valence-electron chi connectivity index (χ4n) is 2.97. The highest BCUT2D eigenvalue weighted by molar-refractivity contribution is 6.32. The number of ether oxygens (including phenoxy) is 1. The van der Waals surface area contributed by atoms with Crippen LogP contribution in [0.1, 0.15) is 42.2 Å². The molecule has 6 nitrogen and oxygen atoms in total. The van der Waals surface area contributed by atoms with Gasteiger partial charge in [-0.1, -0.05) is 29.8 Å². The molecule has 1 amide bonds. The number of hydrogen-bond acceptors (Lipinski definition) is 4. The van der Waals surface area contributed by atoms with Crippen molar-refractivity contribution in [1.29, 1.82) is 0 Å². The van der Waals surface area contributed by atoms with Crippen LogP contribution >= 0.6 is 11.6 Å². The van der Waals surface area contributed by atoms with E-state index in [9.17, 15) is 14.9 Å². The van der Waals surface area contributed by atoms with Crippen LogP contribution in [-0.4, -0.2) is 16.4 Å². The van der Waals surface area contributed by atoms with E-state index in [0.29, 0.717) is 6.42 Å². The van der Waals surface area contributed by atoms with Gasteiger partial charge in [-0.15, -0.1) is 0 Å². The van der Waals surface area contributed by atoms with Crippen LogP contribution in [0.25, 0.3) is 0 Å². The van der Waals surface area contributed by atoms with Crippen molar-refractivity contribution in [2.24, 2.45) is 0 Å². The first-order chi connectivity index (χ1) is 11.8. The maximum atomic E-state index is 12.6. The first kappa shape index (κ1) is 17.2. The number of nitro benzene ring substituents is 1. The molecule has 0 saturated carbocycles. The zero-order valence-electron chi connectivity index (χ0n) is 13.8. The maximum absolute atomic E-state index is 12.6. The number of benzene rings is 2. The van der Waals surface area contributed by atoms with E-state index in [1.54, 1.807) is 0 Å². The number of amides is 1. The molecule has 0 spiro atoms. The van der Waals surface area contributed by atoms with Crippen molar-refractivity contribution in [1.82, 2.24) is 5.32 Å². The fraction of sp³-hybridized carbons (Fsp3) is 0.278. The Morgan fingerprint density at radius 3 is 2.76 bits per heavy atom. The Hall–Kier alpha value is -2.60. The van der Waals surface area contributed by atoms with E-state index in [1.807, 2.05) is 38.1 Å².